The lowest BCUT2D eigenvalue weighted by molar-refractivity contribution is -0.120. The number of carbonyl (C=O) groups is 1. The van der Waals surface area contributed by atoms with E-state index in [1.807, 2.05) is 0 Å². The number of piperidine rings is 1. The molecule has 3 rings (SSSR count). The van der Waals surface area contributed by atoms with Crippen LogP contribution in [0.1, 0.15) is 44.6 Å². The molecule has 18 heavy (non-hydrogen) atoms. The minimum absolute atomic E-state index is 0.460. The number of nitrogens with zero attached hydrogens (tertiary/aromatic N) is 1. The van der Waals surface area contributed by atoms with Crippen molar-refractivity contribution in [2.75, 3.05) is 4.90 Å². The maximum atomic E-state index is 11.6. The number of fused-ring (bicyclic) bond motifs is 2. The molecule has 2 saturated heterocycles. The first-order valence-electron chi connectivity index (χ1n) is 7.17. The fourth-order valence-corrected chi connectivity index (χ4v) is 3.52. The van der Waals surface area contributed by atoms with Crippen molar-refractivity contribution in [1.82, 2.24) is 0 Å². The van der Waals surface area contributed by atoms with E-state index in [4.69, 9.17) is 0 Å². The SMILES string of the molecule is CCCc1ccc(N2C3CCC2CC(=O)C3)cc1. The lowest BCUT2D eigenvalue weighted by atomic mass is 10.00. The lowest BCUT2D eigenvalue weighted by Gasteiger charge is -2.36. The van der Waals surface area contributed by atoms with E-state index in [9.17, 15) is 4.79 Å². The maximum absolute atomic E-state index is 11.6. The largest absolute Gasteiger partial charge is 0.365 e. The topological polar surface area (TPSA) is 20.3 Å². The third kappa shape index (κ3) is 2.05. The molecule has 2 nitrogen and oxygen atoms in total. The third-order valence-corrected chi connectivity index (χ3v) is 4.32. The molecule has 0 aromatic heterocycles. The number of anilines is 1. The van der Waals surface area contributed by atoms with Gasteiger partial charge >= 0.3 is 0 Å². The van der Waals surface area contributed by atoms with Crippen molar-refractivity contribution in [2.24, 2.45) is 0 Å². The van der Waals surface area contributed by atoms with Gasteiger partial charge in [0.25, 0.3) is 0 Å². The summed E-state index contributed by atoms with van der Waals surface area (Å²) in [5.41, 5.74) is 2.73. The molecule has 2 aliphatic heterocycles. The van der Waals surface area contributed by atoms with Crippen LogP contribution in [-0.2, 0) is 11.2 Å². The number of hydrogen-bond acceptors (Lipinski definition) is 2. The Kier molecular flexibility index (Phi) is 3.11. The van der Waals surface area contributed by atoms with Crippen LogP contribution in [0.3, 0.4) is 0 Å². The van der Waals surface area contributed by atoms with E-state index in [-0.39, 0.29) is 0 Å². The fourth-order valence-electron chi connectivity index (χ4n) is 3.52. The number of Topliss-reactive ketones (excluding diaryl/α,β-unsaturated/α-hetero) is 1. The molecular formula is C16H21NO. The van der Waals surface area contributed by atoms with Crippen molar-refractivity contribution >= 4 is 11.5 Å². The van der Waals surface area contributed by atoms with Gasteiger partial charge in [-0.05, 0) is 37.0 Å². The van der Waals surface area contributed by atoms with Gasteiger partial charge in [0.05, 0.1) is 0 Å². The molecule has 0 amide bonds. The Bertz CT molecular complexity index is 421. The Morgan fingerprint density at radius 1 is 1.11 bits per heavy atom. The summed E-state index contributed by atoms with van der Waals surface area (Å²) in [5.74, 6) is 0.460. The van der Waals surface area contributed by atoms with Gasteiger partial charge in [-0.15, -0.1) is 0 Å². The molecule has 1 aromatic rings. The molecule has 0 spiro atoms. The summed E-state index contributed by atoms with van der Waals surface area (Å²) < 4.78 is 0. The first-order valence-corrected chi connectivity index (χ1v) is 7.17. The molecule has 2 aliphatic rings. The van der Waals surface area contributed by atoms with Gasteiger partial charge in [-0.2, -0.15) is 0 Å². The van der Waals surface area contributed by atoms with Crippen LogP contribution in [0.4, 0.5) is 5.69 Å². The first-order chi connectivity index (χ1) is 8.78. The maximum Gasteiger partial charge on any atom is 0.137 e. The zero-order valence-corrected chi connectivity index (χ0v) is 11.1. The van der Waals surface area contributed by atoms with Crippen molar-refractivity contribution in [3.63, 3.8) is 0 Å². The summed E-state index contributed by atoms with van der Waals surface area (Å²) in [5, 5.41) is 0. The molecule has 96 valence electrons. The molecular weight excluding hydrogens is 222 g/mol. The van der Waals surface area contributed by atoms with Gasteiger partial charge in [0, 0.05) is 30.6 Å². The van der Waals surface area contributed by atoms with Crippen LogP contribution in [0.15, 0.2) is 24.3 Å². The quantitative estimate of drug-likeness (QED) is 0.811. The first kappa shape index (κ1) is 11.8. The van der Waals surface area contributed by atoms with Crippen LogP contribution in [-0.4, -0.2) is 17.9 Å². The van der Waals surface area contributed by atoms with Gasteiger partial charge < -0.3 is 4.90 Å². The minimum atomic E-state index is 0.460. The standard InChI is InChI=1S/C16H21NO/c1-2-3-12-4-6-13(7-5-12)17-14-8-9-15(17)11-16(18)10-14/h4-7,14-15H,2-3,8-11H2,1H3. The molecule has 2 unspecified atom stereocenters. The fraction of sp³-hybridized carbons (Fsp3) is 0.562. The molecule has 2 atom stereocenters. The summed E-state index contributed by atoms with van der Waals surface area (Å²) in [6.45, 7) is 2.21. The molecule has 1 aromatic carbocycles. The van der Waals surface area contributed by atoms with Gasteiger partial charge in [-0.1, -0.05) is 25.5 Å². The van der Waals surface area contributed by atoms with Gasteiger partial charge in [0.2, 0.25) is 0 Å². The zero-order valence-electron chi connectivity index (χ0n) is 11.1. The normalized spacial score (nSPS) is 26.7. The highest BCUT2D eigenvalue weighted by Crippen LogP contribution is 2.37. The molecule has 0 radical (unpaired) electrons. The van der Waals surface area contributed by atoms with Crippen LogP contribution in [0, 0.1) is 0 Å². The molecule has 2 fully saturated rings. The Labute approximate surface area is 109 Å². The molecule has 0 saturated carbocycles. The number of hydrogen-bond donors (Lipinski definition) is 0. The highest BCUT2D eigenvalue weighted by Gasteiger charge is 2.39. The second-order valence-corrected chi connectivity index (χ2v) is 5.66. The average Bonchev–Trinajstić information content (AvgIpc) is 2.64. The van der Waals surface area contributed by atoms with Crippen molar-refractivity contribution in [3.05, 3.63) is 29.8 Å². The van der Waals surface area contributed by atoms with E-state index >= 15 is 0 Å². The van der Waals surface area contributed by atoms with Crippen LogP contribution in [0.2, 0.25) is 0 Å². The average molecular weight is 243 g/mol. The van der Waals surface area contributed by atoms with Crippen molar-refractivity contribution < 1.29 is 4.79 Å². The monoisotopic (exact) mass is 243 g/mol. The van der Waals surface area contributed by atoms with E-state index in [1.54, 1.807) is 0 Å². The molecule has 2 heteroatoms. The number of rotatable bonds is 3. The van der Waals surface area contributed by atoms with Crippen molar-refractivity contribution in [3.8, 4) is 0 Å². The van der Waals surface area contributed by atoms with E-state index in [2.05, 4.69) is 36.1 Å². The van der Waals surface area contributed by atoms with E-state index in [0.717, 1.165) is 19.3 Å². The molecule has 0 aliphatic carbocycles. The Hall–Kier alpha value is -1.31. The predicted molar refractivity (Wildman–Crippen MR) is 74.0 cm³/mol. The number of benzene rings is 1. The van der Waals surface area contributed by atoms with Gasteiger partial charge in [0.15, 0.2) is 0 Å². The number of carbonyl (C=O) groups excluding carboxylic acids is 1. The predicted octanol–water partition coefficient (Wildman–Crippen LogP) is 3.34. The summed E-state index contributed by atoms with van der Waals surface area (Å²) in [6.07, 6.45) is 6.25. The van der Waals surface area contributed by atoms with Crippen LogP contribution in [0.25, 0.3) is 0 Å². The summed E-state index contributed by atoms with van der Waals surface area (Å²) in [7, 11) is 0. The Balaban J connectivity index is 1.80. The smallest absolute Gasteiger partial charge is 0.137 e. The van der Waals surface area contributed by atoms with E-state index in [0.29, 0.717) is 17.9 Å². The molecule has 2 bridgehead atoms. The van der Waals surface area contributed by atoms with E-state index < -0.39 is 0 Å². The highest BCUT2D eigenvalue weighted by molar-refractivity contribution is 5.83. The molecule has 0 N–H and O–H groups in total. The van der Waals surface area contributed by atoms with Gasteiger partial charge in [-0.25, -0.2) is 0 Å². The second kappa shape index (κ2) is 4.75. The number of ketones is 1. The third-order valence-electron chi connectivity index (χ3n) is 4.32. The summed E-state index contributed by atoms with van der Waals surface area (Å²) in [4.78, 5) is 14.1. The highest BCUT2D eigenvalue weighted by atomic mass is 16.1. The molecule has 2 heterocycles. The van der Waals surface area contributed by atoms with Gasteiger partial charge in [-0.3, -0.25) is 4.79 Å². The van der Waals surface area contributed by atoms with Crippen LogP contribution < -0.4 is 4.90 Å². The van der Waals surface area contributed by atoms with Crippen molar-refractivity contribution in [2.45, 2.75) is 57.5 Å². The van der Waals surface area contributed by atoms with Crippen molar-refractivity contribution in [1.29, 1.82) is 0 Å². The second-order valence-electron chi connectivity index (χ2n) is 5.66. The minimum Gasteiger partial charge on any atom is -0.365 e. The lowest BCUT2D eigenvalue weighted by Crippen LogP contribution is -2.43. The zero-order chi connectivity index (χ0) is 12.5. The van der Waals surface area contributed by atoms with E-state index in [1.165, 1.54) is 30.5 Å². The summed E-state index contributed by atoms with van der Waals surface area (Å²) >= 11 is 0. The van der Waals surface area contributed by atoms with Gasteiger partial charge in [0.1, 0.15) is 5.78 Å². The van der Waals surface area contributed by atoms with Crippen LogP contribution in [0.5, 0.6) is 0 Å². The Morgan fingerprint density at radius 2 is 1.72 bits per heavy atom. The van der Waals surface area contributed by atoms with Crippen LogP contribution >= 0.6 is 0 Å². The number of aryl methyl sites for hydroxylation is 1. The Morgan fingerprint density at radius 3 is 2.28 bits per heavy atom. The summed E-state index contributed by atoms with van der Waals surface area (Å²) in [6, 6.07) is 9.91.